The maximum Gasteiger partial charge on any atom is 0.271 e. The molecule has 0 spiro atoms. The van der Waals surface area contributed by atoms with E-state index < -0.39 is 0 Å². The van der Waals surface area contributed by atoms with Crippen molar-refractivity contribution in [3.63, 3.8) is 0 Å². The van der Waals surface area contributed by atoms with Crippen LogP contribution >= 0.6 is 0 Å². The third kappa shape index (κ3) is 4.19. The number of ether oxygens (including phenoxy) is 1. The molecule has 3 N–H and O–H groups in total. The Bertz CT molecular complexity index is 1120. The van der Waals surface area contributed by atoms with Crippen molar-refractivity contribution in [3.05, 3.63) is 78.1 Å². The van der Waals surface area contributed by atoms with Gasteiger partial charge in [-0.3, -0.25) is 4.79 Å². The first-order valence-corrected chi connectivity index (χ1v) is 9.31. The number of amides is 1. The first kappa shape index (κ1) is 18.5. The molecule has 0 bridgehead atoms. The number of benzene rings is 2. The number of nitrogens with zero attached hydrogens (tertiary/aromatic N) is 2. The lowest BCUT2D eigenvalue weighted by Crippen LogP contribution is -2.26. The molecular weight excluding hydrogens is 366 g/mol. The standard InChI is InChI=1S/C22H21N5O2/c1-29-20-9-5-4-8-18(20)25-21-11-10-19(26-27-21)22(28)23-13-12-15-14-24-17-7-3-2-6-16(15)17/h2-11,14,24H,12-13H2,1H3,(H,23,28)(H,25,27). The van der Waals surface area contributed by atoms with E-state index in [2.05, 4.69) is 31.9 Å². The zero-order valence-electron chi connectivity index (χ0n) is 16.0. The van der Waals surface area contributed by atoms with Gasteiger partial charge in [-0.05, 0) is 42.3 Å². The number of fused-ring (bicyclic) bond motifs is 1. The van der Waals surface area contributed by atoms with Crippen molar-refractivity contribution in [3.8, 4) is 5.75 Å². The van der Waals surface area contributed by atoms with Crippen LogP contribution in [0.15, 0.2) is 66.9 Å². The van der Waals surface area contributed by atoms with Crippen molar-refractivity contribution in [1.82, 2.24) is 20.5 Å². The SMILES string of the molecule is COc1ccccc1Nc1ccc(C(=O)NCCc2c[nH]c3ccccc23)nn1. The molecule has 0 saturated heterocycles. The van der Waals surface area contributed by atoms with Crippen LogP contribution in [0.5, 0.6) is 5.75 Å². The summed E-state index contributed by atoms with van der Waals surface area (Å²) in [6.07, 6.45) is 2.71. The van der Waals surface area contributed by atoms with Crippen LogP contribution in [0.25, 0.3) is 10.9 Å². The molecular formula is C22H21N5O2. The van der Waals surface area contributed by atoms with Crippen molar-refractivity contribution < 1.29 is 9.53 Å². The zero-order chi connectivity index (χ0) is 20.1. The fourth-order valence-corrected chi connectivity index (χ4v) is 3.15. The minimum absolute atomic E-state index is 0.249. The number of rotatable bonds is 7. The highest BCUT2D eigenvalue weighted by atomic mass is 16.5. The van der Waals surface area contributed by atoms with Gasteiger partial charge in [-0.15, -0.1) is 10.2 Å². The van der Waals surface area contributed by atoms with E-state index in [9.17, 15) is 4.79 Å². The first-order valence-electron chi connectivity index (χ1n) is 9.31. The van der Waals surface area contributed by atoms with Gasteiger partial charge >= 0.3 is 0 Å². The molecule has 0 aliphatic heterocycles. The van der Waals surface area contributed by atoms with E-state index in [-0.39, 0.29) is 11.6 Å². The molecule has 29 heavy (non-hydrogen) atoms. The number of carbonyl (C=O) groups is 1. The molecule has 0 radical (unpaired) electrons. The van der Waals surface area contributed by atoms with Gasteiger partial charge < -0.3 is 20.4 Å². The molecule has 146 valence electrons. The highest BCUT2D eigenvalue weighted by molar-refractivity contribution is 5.92. The highest BCUT2D eigenvalue weighted by Gasteiger charge is 2.10. The minimum Gasteiger partial charge on any atom is -0.495 e. The van der Waals surface area contributed by atoms with Crippen molar-refractivity contribution in [2.75, 3.05) is 19.0 Å². The first-order chi connectivity index (χ1) is 14.2. The van der Waals surface area contributed by atoms with Gasteiger partial charge in [-0.25, -0.2) is 0 Å². The largest absolute Gasteiger partial charge is 0.495 e. The van der Waals surface area contributed by atoms with Crippen molar-refractivity contribution >= 4 is 28.3 Å². The Morgan fingerprint density at radius 3 is 2.69 bits per heavy atom. The predicted octanol–water partition coefficient (Wildman–Crippen LogP) is 3.68. The van der Waals surface area contributed by atoms with Crippen LogP contribution in [-0.4, -0.2) is 34.7 Å². The molecule has 0 unspecified atom stereocenters. The average molecular weight is 387 g/mol. The fraction of sp³-hybridized carbons (Fsp3) is 0.136. The lowest BCUT2D eigenvalue weighted by Gasteiger charge is -2.10. The summed E-state index contributed by atoms with van der Waals surface area (Å²) in [5.74, 6) is 0.986. The van der Waals surface area contributed by atoms with E-state index in [0.717, 1.165) is 17.6 Å². The smallest absolute Gasteiger partial charge is 0.271 e. The summed E-state index contributed by atoms with van der Waals surface area (Å²) in [4.78, 5) is 15.6. The van der Waals surface area contributed by atoms with Crippen LogP contribution in [0.1, 0.15) is 16.1 Å². The summed E-state index contributed by atoms with van der Waals surface area (Å²) in [5, 5.41) is 15.3. The third-order valence-corrected chi connectivity index (χ3v) is 4.62. The number of H-pyrrole nitrogens is 1. The Morgan fingerprint density at radius 1 is 1.03 bits per heavy atom. The molecule has 2 aromatic heterocycles. The number of anilines is 2. The molecule has 0 aliphatic carbocycles. The monoisotopic (exact) mass is 387 g/mol. The molecule has 4 aromatic rings. The van der Waals surface area contributed by atoms with Crippen LogP contribution in [-0.2, 0) is 6.42 Å². The summed E-state index contributed by atoms with van der Waals surface area (Å²) >= 11 is 0. The number of carbonyl (C=O) groups excluding carboxylic acids is 1. The van der Waals surface area contributed by atoms with Gasteiger partial charge in [0, 0.05) is 23.6 Å². The maximum atomic E-state index is 12.3. The van der Waals surface area contributed by atoms with Gasteiger partial charge in [0.25, 0.3) is 5.91 Å². The number of hydrogen-bond acceptors (Lipinski definition) is 5. The van der Waals surface area contributed by atoms with E-state index >= 15 is 0 Å². The Balaban J connectivity index is 1.34. The van der Waals surface area contributed by atoms with Gasteiger partial charge in [0.05, 0.1) is 12.8 Å². The van der Waals surface area contributed by atoms with Gasteiger partial charge in [0.15, 0.2) is 11.5 Å². The number of methoxy groups -OCH3 is 1. The van der Waals surface area contributed by atoms with E-state index in [1.54, 1.807) is 19.2 Å². The van der Waals surface area contributed by atoms with Crippen LogP contribution in [0.3, 0.4) is 0 Å². The van der Waals surface area contributed by atoms with Crippen LogP contribution in [0.4, 0.5) is 11.5 Å². The molecule has 0 saturated carbocycles. The second-order valence-electron chi connectivity index (χ2n) is 6.49. The summed E-state index contributed by atoms with van der Waals surface area (Å²) in [5.41, 5.74) is 3.32. The quantitative estimate of drug-likeness (QED) is 0.450. The van der Waals surface area contributed by atoms with Crippen LogP contribution in [0, 0.1) is 0 Å². The molecule has 1 amide bonds. The van der Waals surface area contributed by atoms with E-state index in [1.165, 1.54) is 10.9 Å². The molecule has 7 nitrogen and oxygen atoms in total. The fourth-order valence-electron chi connectivity index (χ4n) is 3.15. The number of hydrogen-bond donors (Lipinski definition) is 3. The van der Waals surface area contributed by atoms with Gasteiger partial charge in [0.1, 0.15) is 5.75 Å². The zero-order valence-corrected chi connectivity index (χ0v) is 16.0. The third-order valence-electron chi connectivity index (χ3n) is 4.62. The molecule has 0 aliphatic rings. The van der Waals surface area contributed by atoms with Crippen LogP contribution in [0.2, 0.25) is 0 Å². The summed E-state index contributed by atoms with van der Waals surface area (Å²) in [6, 6.07) is 19.0. The molecule has 7 heteroatoms. The minimum atomic E-state index is -0.249. The van der Waals surface area contributed by atoms with Crippen molar-refractivity contribution in [1.29, 1.82) is 0 Å². The Kier molecular flexibility index (Phi) is 5.38. The molecule has 0 fully saturated rings. The van der Waals surface area contributed by atoms with Gasteiger partial charge in [-0.2, -0.15) is 0 Å². The Hall–Kier alpha value is -3.87. The van der Waals surface area contributed by atoms with Gasteiger partial charge in [0.2, 0.25) is 0 Å². The van der Waals surface area contributed by atoms with Crippen molar-refractivity contribution in [2.24, 2.45) is 0 Å². The second kappa shape index (κ2) is 8.43. The highest BCUT2D eigenvalue weighted by Crippen LogP contribution is 2.25. The van der Waals surface area contributed by atoms with Crippen molar-refractivity contribution in [2.45, 2.75) is 6.42 Å². The lowest BCUT2D eigenvalue weighted by atomic mass is 10.1. The number of nitrogens with one attached hydrogen (secondary N) is 3. The molecule has 0 atom stereocenters. The van der Waals surface area contributed by atoms with Crippen LogP contribution < -0.4 is 15.4 Å². The summed E-state index contributed by atoms with van der Waals surface area (Å²) < 4.78 is 5.30. The Morgan fingerprint density at radius 2 is 1.86 bits per heavy atom. The topological polar surface area (TPSA) is 91.9 Å². The number of aromatic amines is 1. The number of para-hydroxylation sites is 3. The summed E-state index contributed by atoms with van der Waals surface area (Å²) in [7, 11) is 1.61. The normalized spacial score (nSPS) is 10.7. The lowest BCUT2D eigenvalue weighted by molar-refractivity contribution is 0.0948. The van der Waals surface area contributed by atoms with E-state index in [0.29, 0.717) is 18.1 Å². The predicted molar refractivity (Wildman–Crippen MR) is 113 cm³/mol. The maximum absolute atomic E-state index is 12.3. The summed E-state index contributed by atoms with van der Waals surface area (Å²) in [6.45, 7) is 0.517. The molecule has 2 aromatic carbocycles. The second-order valence-corrected chi connectivity index (χ2v) is 6.49. The van der Waals surface area contributed by atoms with E-state index in [4.69, 9.17) is 4.74 Å². The van der Waals surface area contributed by atoms with Gasteiger partial charge in [-0.1, -0.05) is 30.3 Å². The molecule has 2 heterocycles. The molecule has 4 rings (SSSR count). The Labute approximate surface area is 168 Å². The van der Waals surface area contributed by atoms with E-state index in [1.807, 2.05) is 48.7 Å². The average Bonchev–Trinajstić information content (AvgIpc) is 3.18. The number of aromatic nitrogens is 3.